The first kappa shape index (κ1) is 16.8. The smallest absolute Gasteiger partial charge is 0.269 e. The fourth-order valence-corrected chi connectivity index (χ4v) is 2.18. The third kappa shape index (κ3) is 4.71. The highest BCUT2D eigenvalue weighted by molar-refractivity contribution is 5.93. The van der Waals surface area contributed by atoms with Crippen LogP contribution >= 0.6 is 0 Å². The lowest BCUT2D eigenvalue weighted by Gasteiger charge is -2.12. The summed E-state index contributed by atoms with van der Waals surface area (Å²) in [7, 11) is 1.63. The molecule has 122 valence electrons. The quantitative estimate of drug-likeness (QED) is 0.766. The van der Waals surface area contributed by atoms with Crippen LogP contribution < -0.4 is 15.4 Å². The number of carbonyl (C=O) groups excluding carboxylic acids is 1. The van der Waals surface area contributed by atoms with Crippen LogP contribution in [0, 0.1) is 6.92 Å². The zero-order chi connectivity index (χ0) is 16.7. The molecule has 0 bridgehead atoms. The van der Waals surface area contributed by atoms with Crippen LogP contribution in [-0.4, -0.2) is 24.5 Å². The molecule has 0 aliphatic carbocycles. The van der Waals surface area contributed by atoms with Crippen LogP contribution in [0.3, 0.4) is 0 Å². The molecule has 0 atom stereocenters. The van der Waals surface area contributed by atoms with E-state index in [1.807, 2.05) is 31.2 Å². The maximum Gasteiger partial charge on any atom is 0.269 e. The Hall–Kier alpha value is -2.56. The molecule has 1 aromatic heterocycles. The minimum atomic E-state index is -0.154. The molecule has 0 spiro atoms. The zero-order valence-corrected chi connectivity index (χ0v) is 13.8. The number of hydrogen-bond acceptors (Lipinski definition) is 4. The van der Waals surface area contributed by atoms with Gasteiger partial charge < -0.3 is 15.4 Å². The highest BCUT2D eigenvalue weighted by atomic mass is 16.5. The molecule has 23 heavy (non-hydrogen) atoms. The van der Waals surface area contributed by atoms with E-state index in [1.54, 1.807) is 19.4 Å². The summed E-state index contributed by atoms with van der Waals surface area (Å²) in [6, 6.07) is 9.47. The van der Waals surface area contributed by atoms with E-state index in [4.69, 9.17) is 4.74 Å². The normalized spacial score (nSPS) is 10.2. The second-order valence-electron chi connectivity index (χ2n) is 5.37. The zero-order valence-electron chi connectivity index (χ0n) is 13.8. The van der Waals surface area contributed by atoms with Gasteiger partial charge in [0.05, 0.1) is 12.8 Å². The summed E-state index contributed by atoms with van der Waals surface area (Å²) in [5.74, 6) is 0.597. The lowest BCUT2D eigenvalue weighted by atomic mass is 10.2. The molecule has 1 aromatic carbocycles. The molecule has 2 aromatic rings. The Morgan fingerprint density at radius 1 is 1.26 bits per heavy atom. The number of nitrogens with one attached hydrogen (secondary N) is 2. The molecule has 5 heteroatoms. The van der Waals surface area contributed by atoms with E-state index >= 15 is 0 Å². The van der Waals surface area contributed by atoms with Crippen molar-refractivity contribution in [3.8, 4) is 5.75 Å². The number of carbonyl (C=O) groups is 1. The molecule has 2 rings (SSSR count). The molecule has 0 radical (unpaired) electrons. The lowest BCUT2D eigenvalue weighted by Crippen LogP contribution is -2.25. The number of aromatic nitrogens is 1. The van der Waals surface area contributed by atoms with Gasteiger partial charge in [-0.25, -0.2) is 0 Å². The number of benzene rings is 1. The topological polar surface area (TPSA) is 63.2 Å². The van der Waals surface area contributed by atoms with E-state index in [0.717, 1.165) is 35.5 Å². The van der Waals surface area contributed by atoms with Crippen molar-refractivity contribution in [1.82, 2.24) is 10.3 Å². The van der Waals surface area contributed by atoms with Crippen LogP contribution in [-0.2, 0) is 0 Å². The summed E-state index contributed by atoms with van der Waals surface area (Å²) in [5.41, 5.74) is 3.18. The molecule has 5 nitrogen and oxygen atoms in total. The van der Waals surface area contributed by atoms with Gasteiger partial charge in [-0.2, -0.15) is 0 Å². The van der Waals surface area contributed by atoms with Crippen molar-refractivity contribution in [3.05, 3.63) is 47.8 Å². The number of rotatable bonds is 7. The number of methoxy groups -OCH3 is 1. The highest BCUT2D eigenvalue weighted by Gasteiger charge is 2.09. The summed E-state index contributed by atoms with van der Waals surface area (Å²) in [5, 5.41) is 6.15. The van der Waals surface area contributed by atoms with Gasteiger partial charge >= 0.3 is 0 Å². The van der Waals surface area contributed by atoms with Crippen LogP contribution in [0.5, 0.6) is 5.75 Å². The predicted molar refractivity (Wildman–Crippen MR) is 92.5 cm³/mol. The summed E-state index contributed by atoms with van der Waals surface area (Å²) in [6.07, 6.45) is 3.63. The second-order valence-corrected chi connectivity index (χ2v) is 5.37. The summed E-state index contributed by atoms with van der Waals surface area (Å²) >= 11 is 0. The standard InChI is InChI=1S/C18H23N3O2/c1-4-5-9-20-18(22)16-12-14(8-10-19-16)21-15-11-13(2)6-7-17(15)23-3/h6-8,10-12H,4-5,9H2,1-3H3,(H,19,21)(H,20,22). The number of unbranched alkanes of at least 4 members (excludes halogenated alkanes) is 1. The van der Waals surface area contributed by atoms with E-state index in [0.29, 0.717) is 12.2 Å². The monoisotopic (exact) mass is 313 g/mol. The van der Waals surface area contributed by atoms with Gasteiger partial charge in [0, 0.05) is 18.4 Å². The first-order valence-electron chi connectivity index (χ1n) is 7.80. The van der Waals surface area contributed by atoms with Crippen molar-refractivity contribution in [2.24, 2.45) is 0 Å². The van der Waals surface area contributed by atoms with E-state index in [2.05, 4.69) is 22.5 Å². The fourth-order valence-electron chi connectivity index (χ4n) is 2.18. The van der Waals surface area contributed by atoms with Crippen LogP contribution in [0.25, 0.3) is 0 Å². The molecule has 0 saturated carbocycles. The SMILES string of the molecule is CCCCNC(=O)c1cc(Nc2cc(C)ccc2OC)ccn1. The summed E-state index contributed by atoms with van der Waals surface area (Å²) in [6.45, 7) is 4.77. The van der Waals surface area contributed by atoms with E-state index in [9.17, 15) is 4.79 Å². The van der Waals surface area contributed by atoms with Crippen molar-refractivity contribution < 1.29 is 9.53 Å². The Morgan fingerprint density at radius 2 is 2.09 bits per heavy atom. The van der Waals surface area contributed by atoms with Crippen LogP contribution in [0.1, 0.15) is 35.8 Å². The average molecular weight is 313 g/mol. The first-order valence-corrected chi connectivity index (χ1v) is 7.80. The van der Waals surface area contributed by atoms with Gasteiger partial charge in [-0.3, -0.25) is 9.78 Å². The molecule has 2 N–H and O–H groups in total. The minimum absolute atomic E-state index is 0.154. The van der Waals surface area contributed by atoms with Crippen molar-refractivity contribution in [1.29, 1.82) is 0 Å². The van der Waals surface area contributed by atoms with Gasteiger partial charge in [-0.15, -0.1) is 0 Å². The largest absolute Gasteiger partial charge is 0.495 e. The Labute approximate surface area is 137 Å². The van der Waals surface area contributed by atoms with Gasteiger partial charge in [0.15, 0.2) is 0 Å². The molecular formula is C18H23N3O2. The number of anilines is 2. The average Bonchev–Trinajstić information content (AvgIpc) is 2.55. The third-order valence-corrected chi connectivity index (χ3v) is 3.44. The molecular weight excluding hydrogens is 290 g/mol. The van der Waals surface area contributed by atoms with Gasteiger partial charge in [0.25, 0.3) is 5.91 Å². The predicted octanol–water partition coefficient (Wildman–Crippen LogP) is 3.67. The number of pyridine rings is 1. The molecule has 0 saturated heterocycles. The highest BCUT2D eigenvalue weighted by Crippen LogP contribution is 2.28. The molecule has 1 heterocycles. The van der Waals surface area contributed by atoms with E-state index in [-0.39, 0.29) is 5.91 Å². The fraction of sp³-hybridized carbons (Fsp3) is 0.333. The second kappa shape index (κ2) is 8.17. The summed E-state index contributed by atoms with van der Waals surface area (Å²) < 4.78 is 5.36. The maximum absolute atomic E-state index is 12.1. The van der Waals surface area contributed by atoms with Crippen molar-refractivity contribution in [2.75, 3.05) is 19.0 Å². The number of aryl methyl sites for hydroxylation is 1. The van der Waals surface area contributed by atoms with Gasteiger partial charge in [0.1, 0.15) is 11.4 Å². The van der Waals surface area contributed by atoms with Crippen molar-refractivity contribution in [3.63, 3.8) is 0 Å². The van der Waals surface area contributed by atoms with Crippen molar-refractivity contribution in [2.45, 2.75) is 26.7 Å². The van der Waals surface area contributed by atoms with E-state index < -0.39 is 0 Å². The van der Waals surface area contributed by atoms with Gasteiger partial charge in [0.2, 0.25) is 0 Å². The first-order chi connectivity index (χ1) is 11.1. The number of amides is 1. The Balaban J connectivity index is 2.14. The number of nitrogens with zero attached hydrogens (tertiary/aromatic N) is 1. The molecule has 1 amide bonds. The third-order valence-electron chi connectivity index (χ3n) is 3.44. The molecule has 0 aliphatic rings. The van der Waals surface area contributed by atoms with Crippen LogP contribution in [0.4, 0.5) is 11.4 Å². The maximum atomic E-state index is 12.1. The number of ether oxygens (including phenoxy) is 1. The molecule has 0 fully saturated rings. The van der Waals surface area contributed by atoms with Gasteiger partial charge in [-0.1, -0.05) is 19.4 Å². The Morgan fingerprint density at radius 3 is 2.83 bits per heavy atom. The summed E-state index contributed by atoms with van der Waals surface area (Å²) in [4.78, 5) is 16.2. The van der Waals surface area contributed by atoms with Gasteiger partial charge in [-0.05, 0) is 43.2 Å². The Bertz CT molecular complexity index is 671. The van der Waals surface area contributed by atoms with Crippen LogP contribution in [0.2, 0.25) is 0 Å². The number of hydrogen-bond donors (Lipinski definition) is 2. The van der Waals surface area contributed by atoms with Crippen LogP contribution in [0.15, 0.2) is 36.5 Å². The molecule has 0 aliphatic heterocycles. The Kier molecular flexibility index (Phi) is 5.97. The lowest BCUT2D eigenvalue weighted by molar-refractivity contribution is 0.0948. The minimum Gasteiger partial charge on any atom is -0.495 e. The molecule has 0 unspecified atom stereocenters. The van der Waals surface area contributed by atoms with Crippen molar-refractivity contribution >= 4 is 17.3 Å². The van der Waals surface area contributed by atoms with E-state index in [1.165, 1.54) is 0 Å².